The number of nitrogens with one attached hydrogen (secondary N) is 1. The van der Waals surface area contributed by atoms with E-state index in [0.29, 0.717) is 21.3 Å². The maximum atomic E-state index is 12.0. The Morgan fingerprint density at radius 3 is 2.62 bits per heavy atom. The molecule has 0 aliphatic heterocycles. The van der Waals surface area contributed by atoms with E-state index in [4.69, 9.17) is 4.74 Å². The zero-order valence-corrected chi connectivity index (χ0v) is 13.7. The lowest BCUT2D eigenvalue weighted by atomic mass is 10.1. The summed E-state index contributed by atoms with van der Waals surface area (Å²) in [4.78, 5) is 37.2. The minimum Gasteiger partial charge on any atom is -0.457 e. The fourth-order valence-electron chi connectivity index (χ4n) is 2.30. The Labute approximate surface area is 141 Å². The summed E-state index contributed by atoms with van der Waals surface area (Å²) in [6, 6.07) is 10.4. The summed E-state index contributed by atoms with van der Waals surface area (Å²) in [6.07, 6.45) is -0.117. The molecule has 6 nitrogen and oxygen atoms in total. The van der Waals surface area contributed by atoms with E-state index in [9.17, 15) is 14.4 Å². The summed E-state index contributed by atoms with van der Waals surface area (Å²) in [6.45, 7) is 1.60. The number of nitrogens with zero attached hydrogens (tertiary/aromatic N) is 1. The molecule has 0 fully saturated rings. The van der Waals surface area contributed by atoms with E-state index in [1.54, 1.807) is 30.3 Å². The molecule has 2 aromatic heterocycles. The molecule has 0 radical (unpaired) electrons. The van der Waals surface area contributed by atoms with Crippen molar-refractivity contribution in [1.29, 1.82) is 0 Å². The molecule has 0 atom stereocenters. The fraction of sp³-hybridized carbons (Fsp3) is 0.176. The van der Waals surface area contributed by atoms with Gasteiger partial charge in [-0.3, -0.25) is 14.4 Å². The number of hydrogen-bond donors (Lipinski definition) is 1. The molecule has 2 heterocycles. The van der Waals surface area contributed by atoms with Crippen LogP contribution in [-0.2, 0) is 16.0 Å². The first-order valence-electron chi connectivity index (χ1n) is 7.26. The second kappa shape index (κ2) is 6.76. The Hall–Kier alpha value is -2.80. The lowest BCUT2D eigenvalue weighted by Crippen LogP contribution is -2.18. The highest BCUT2D eigenvalue weighted by Gasteiger charge is 2.14. The topological polar surface area (TPSA) is 89.1 Å². The molecule has 122 valence electrons. The lowest BCUT2D eigenvalue weighted by molar-refractivity contribution is -0.141. The van der Waals surface area contributed by atoms with Gasteiger partial charge in [-0.15, -0.1) is 11.3 Å². The van der Waals surface area contributed by atoms with Gasteiger partial charge in [0.25, 0.3) is 5.56 Å². The van der Waals surface area contributed by atoms with Crippen LogP contribution in [0.2, 0.25) is 0 Å². The third-order valence-corrected chi connectivity index (χ3v) is 4.51. The van der Waals surface area contributed by atoms with Crippen LogP contribution < -0.4 is 5.56 Å². The van der Waals surface area contributed by atoms with E-state index in [0.717, 1.165) is 4.88 Å². The van der Waals surface area contributed by atoms with Crippen molar-refractivity contribution < 1.29 is 14.3 Å². The molecule has 1 N–H and O–H groups in total. The number of hydrogen-bond acceptors (Lipinski definition) is 6. The number of fused-ring (bicyclic) bond motifs is 1. The van der Waals surface area contributed by atoms with Gasteiger partial charge in [0, 0.05) is 10.3 Å². The number of benzene rings is 1. The highest BCUT2D eigenvalue weighted by molar-refractivity contribution is 7.14. The molecule has 3 rings (SSSR count). The number of ketones is 1. The van der Waals surface area contributed by atoms with Gasteiger partial charge in [0.15, 0.2) is 6.61 Å². The molecule has 0 saturated carbocycles. The van der Waals surface area contributed by atoms with Gasteiger partial charge in [0.2, 0.25) is 5.78 Å². The molecule has 0 amide bonds. The Morgan fingerprint density at radius 2 is 1.92 bits per heavy atom. The van der Waals surface area contributed by atoms with Crippen molar-refractivity contribution in [3.05, 3.63) is 62.2 Å². The first kappa shape index (κ1) is 16.1. The number of thiophene rings is 1. The Bertz CT molecular complexity index is 974. The highest BCUT2D eigenvalue weighted by atomic mass is 32.1. The molecule has 0 aliphatic carbocycles. The molecule has 3 aromatic rings. The summed E-state index contributed by atoms with van der Waals surface area (Å²) < 4.78 is 5.04. The molecule has 7 heteroatoms. The average molecular weight is 342 g/mol. The number of aromatic nitrogens is 2. The van der Waals surface area contributed by atoms with Crippen molar-refractivity contribution >= 4 is 33.9 Å². The summed E-state index contributed by atoms with van der Waals surface area (Å²) >= 11 is 1.36. The monoisotopic (exact) mass is 342 g/mol. The van der Waals surface area contributed by atoms with Gasteiger partial charge in [-0.1, -0.05) is 18.2 Å². The number of carbonyl (C=O) groups excluding carboxylic acids is 2. The van der Waals surface area contributed by atoms with Gasteiger partial charge in [-0.25, -0.2) is 5.10 Å². The van der Waals surface area contributed by atoms with E-state index in [1.165, 1.54) is 11.3 Å². The van der Waals surface area contributed by atoms with Crippen molar-refractivity contribution in [2.75, 3.05) is 6.61 Å². The van der Waals surface area contributed by atoms with Gasteiger partial charge >= 0.3 is 5.97 Å². The molecule has 1 aromatic carbocycles. The van der Waals surface area contributed by atoms with Crippen LogP contribution in [0.3, 0.4) is 0 Å². The van der Waals surface area contributed by atoms with Crippen LogP contribution in [0, 0.1) is 6.92 Å². The number of rotatable bonds is 5. The number of Topliss-reactive ketones (excluding diaryl/α,β-unsaturated/α-hetero) is 1. The fourth-order valence-corrected chi connectivity index (χ4v) is 3.09. The van der Waals surface area contributed by atoms with Crippen molar-refractivity contribution in [1.82, 2.24) is 10.2 Å². The normalized spacial score (nSPS) is 10.7. The largest absolute Gasteiger partial charge is 0.457 e. The maximum absolute atomic E-state index is 12.0. The smallest absolute Gasteiger partial charge is 0.312 e. The van der Waals surface area contributed by atoms with Crippen molar-refractivity contribution in [2.24, 2.45) is 0 Å². The standard InChI is InChI=1S/C17H14N2O4S/c1-10-6-7-15(24-10)14(20)9-23-16(21)8-13-11-4-2-3-5-12(11)17(22)19-18-13/h2-7H,8-9H2,1H3,(H,19,22). The molecular formula is C17H14N2O4S. The van der Waals surface area contributed by atoms with Gasteiger partial charge in [0.05, 0.1) is 22.4 Å². The summed E-state index contributed by atoms with van der Waals surface area (Å²) in [7, 11) is 0. The number of ether oxygens (including phenoxy) is 1. The Morgan fingerprint density at radius 1 is 1.17 bits per heavy atom. The SMILES string of the molecule is Cc1ccc(C(=O)COC(=O)Cc2n[nH]c(=O)c3ccccc23)s1. The number of aromatic amines is 1. The van der Waals surface area contributed by atoms with Crippen LogP contribution in [0.15, 0.2) is 41.2 Å². The molecule has 0 bridgehead atoms. The van der Waals surface area contributed by atoms with Gasteiger partial charge < -0.3 is 4.74 Å². The lowest BCUT2D eigenvalue weighted by Gasteiger charge is -2.05. The molecule has 0 spiro atoms. The van der Waals surface area contributed by atoms with E-state index in [1.807, 2.05) is 13.0 Å². The number of aryl methyl sites for hydroxylation is 1. The molecular weight excluding hydrogens is 328 g/mol. The van der Waals surface area contributed by atoms with Crippen LogP contribution >= 0.6 is 11.3 Å². The zero-order chi connectivity index (χ0) is 17.1. The van der Waals surface area contributed by atoms with Crippen LogP contribution in [0.5, 0.6) is 0 Å². The predicted octanol–water partition coefficient (Wildman–Crippen LogP) is 2.26. The van der Waals surface area contributed by atoms with E-state index >= 15 is 0 Å². The number of H-pyrrole nitrogens is 1. The van der Waals surface area contributed by atoms with Gasteiger partial charge in [-0.2, -0.15) is 5.10 Å². The quantitative estimate of drug-likeness (QED) is 0.567. The summed E-state index contributed by atoms with van der Waals surface area (Å²) in [5, 5.41) is 7.33. The van der Waals surface area contributed by atoms with Crippen LogP contribution in [0.25, 0.3) is 10.8 Å². The van der Waals surface area contributed by atoms with Crippen molar-refractivity contribution in [2.45, 2.75) is 13.3 Å². The Balaban J connectivity index is 1.68. The van der Waals surface area contributed by atoms with E-state index in [-0.39, 0.29) is 24.4 Å². The first-order chi connectivity index (χ1) is 11.5. The maximum Gasteiger partial charge on any atom is 0.312 e. The average Bonchev–Trinajstić information content (AvgIpc) is 3.02. The summed E-state index contributed by atoms with van der Waals surface area (Å²) in [5.41, 5.74) is 0.0978. The Kier molecular flexibility index (Phi) is 4.52. The van der Waals surface area contributed by atoms with Gasteiger partial charge in [-0.05, 0) is 25.1 Å². The second-order valence-electron chi connectivity index (χ2n) is 5.22. The number of carbonyl (C=O) groups is 2. The second-order valence-corrected chi connectivity index (χ2v) is 6.50. The third kappa shape index (κ3) is 3.41. The zero-order valence-electron chi connectivity index (χ0n) is 12.9. The third-order valence-electron chi connectivity index (χ3n) is 3.47. The van der Waals surface area contributed by atoms with Crippen LogP contribution in [0.1, 0.15) is 20.2 Å². The van der Waals surface area contributed by atoms with Crippen molar-refractivity contribution in [3.63, 3.8) is 0 Å². The van der Waals surface area contributed by atoms with E-state index < -0.39 is 5.97 Å². The highest BCUT2D eigenvalue weighted by Crippen LogP contribution is 2.16. The number of esters is 1. The van der Waals surface area contributed by atoms with Crippen molar-refractivity contribution in [3.8, 4) is 0 Å². The van der Waals surface area contributed by atoms with E-state index in [2.05, 4.69) is 10.2 Å². The molecule has 0 saturated heterocycles. The van der Waals surface area contributed by atoms with Crippen LogP contribution in [-0.4, -0.2) is 28.6 Å². The van der Waals surface area contributed by atoms with Gasteiger partial charge in [0.1, 0.15) is 0 Å². The summed E-state index contributed by atoms with van der Waals surface area (Å²) in [5.74, 6) is -0.804. The molecule has 24 heavy (non-hydrogen) atoms. The van der Waals surface area contributed by atoms with Crippen LogP contribution in [0.4, 0.5) is 0 Å². The minimum atomic E-state index is -0.568. The predicted molar refractivity (Wildman–Crippen MR) is 90.4 cm³/mol. The minimum absolute atomic E-state index is 0.117. The molecule has 0 aliphatic rings. The molecule has 0 unspecified atom stereocenters. The first-order valence-corrected chi connectivity index (χ1v) is 8.08.